The molecule has 0 heterocycles. The molecule has 0 fully saturated rings. The van der Waals surface area contributed by atoms with Crippen LogP contribution in [0.2, 0.25) is 5.02 Å². The van der Waals surface area contributed by atoms with Crippen LogP contribution in [0.1, 0.15) is 21.5 Å². The molecule has 3 aromatic carbocycles. The van der Waals surface area contributed by atoms with Crippen LogP contribution in [0, 0.1) is 0 Å². The van der Waals surface area contributed by atoms with Gasteiger partial charge in [0.25, 0.3) is 15.9 Å². The second-order valence-corrected chi connectivity index (χ2v) is 9.03. The Morgan fingerprint density at radius 2 is 1.69 bits per heavy atom. The molecular weight excluding hydrogens is 452 g/mol. The van der Waals surface area contributed by atoms with E-state index in [0.29, 0.717) is 23.9 Å². The maximum absolute atomic E-state index is 12.9. The molecule has 3 rings (SSSR count). The van der Waals surface area contributed by atoms with Crippen molar-refractivity contribution in [2.24, 2.45) is 0 Å². The summed E-state index contributed by atoms with van der Waals surface area (Å²) in [6.07, 6.45) is 0. The SMILES string of the molecule is COCc1ccc(CNC(=O)c2cccc(S(=O)(=O)Nc3cc(Cl)ccc3OC)c2)cc1. The summed E-state index contributed by atoms with van der Waals surface area (Å²) in [5.74, 6) is -0.0632. The highest BCUT2D eigenvalue weighted by Crippen LogP contribution is 2.30. The summed E-state index contributed by atoms with van der Waals surface area (Å²) in [7, 11) is -0.920. The van der Waals surface area contributed by atoms with Crippen LogP contribution in [0.4, 0.5) is 5.69 Å². The lowest BCUT2D eigenvalue weighted by Crippen LogP contribution is -2.23. The van der Waals surface area contributed by atoms with Crippen LogP contribution in [0.5, 0.6) is 5.75 Å². The minimum absolute atomic E-state index is 0.0592. The molecule has 2 N–H and O–H groups in total. The Balaban J connectivity index is 1.72. The molecule has 32 heavy (non-hydrogen) atoms. The van der Waals surface area contributed by atoms with Gasteiger partial charge in [0.1, 0.15) is 5.75 Å². The molecule has 0 aliphatic heterocycles. The van der Waals surface area contributed by atoms with Crippen molar-refractivity contribution in [1.29, 1.82) is 0 Å². The fourth-order valence-corrected chi connectivity index (χ4v) is 4.25. The van der Waals surface area contributed by atoms with Gasteiger partial charge in [0.2, 0.25) is 0 Å². The maximum atomic E-state index is 12.9. The van der Waals surface area contributed by atoms with E-state index in [4.69, 9.17) is 21.1 Å². The van der Waals surface area contributed by atoms with Gasteiger partial charge < -0.3 is 14.8 Å². The predicted octanol–water partition coefficient (Wildman–Crippen LogP) is 4.23. The highest BCUT2D eigenvalue weighted by atomic mass is 35.5. The largest absolute Gasteiger partial charge is 0.495 e. The molecule has 0 aromatic heterocycles. The predicted molar refractivity (Wildman–Crippen MR) is 124 cm³/mol. The Labute approximate surface area is 192 Å². The van der Waals surface area contributed by atoms with Crippen molar-refractivity contribution >= 4 is 33.2 Å². The number of hydrogen-bond donors (Lipinski definition) is 2. The molecule has 1 amide bonds. The van der Waals surface area contributed by atoms with Gasteiger partial charge in [0.15, 0.2) is 0 Å². The number of methoxy groups -OCH3 is 2. The van der Waals surface area contributed by atoms with Gasteiger partial charge in [-0.15, -0.1) is 0 Å². The number of halogens is 1. The van der Waals surface area contributed by atoms with E-state index in [9.17, 15) is 13.2 Å². The Hall–Kier alpha value is -3.07. The smallest absolute Gasteiger partial charge is 0.262 e. The fourth-order valence-electron chi connectivity index (χ4n) is 2.97. The first-order valence-electron chi connectivity index (χ1n) is 9.64. The summed E-state index contributed by atoms with van der Waals surface area (Å²) >= 11 is 5.98. The number of rotatable bonds is 9. The van der Waals surface area contributed by atoms with Gasteiger partial charge >= 0.3 is 0 Å². The number of carbonyl (C=O) groups excluding carboxylic acids is 1. The standard InChI is InChI=1S/C23H23ClN2O5S/c1-30-15-17-8-6-16(7-9-17)14-25-23(27)18-4-3-5-20(12-18)32(28,29)26-21-13-19(24)10-11-22(21)31-2/h3-13,26H,14-15H2,1-2H3,(H,25,27). The van der Waals surface area contributed by atoms with E-state index in [1.165, 1.54) is 31.4 Å². The third-order valence-corrected chi connectivity index (χ3v) is 6.20. The molecular formula is C23H23ClN2O5S. The number of sulfonamides is 1. The third kappa shape index (κ3) is 6.00. The minimum atomic E-state index is -3.98. The number of amides is 1. The van der Waals surface area contributed by atoms with Crippen molar-refractivity contribution in [3.63, 3.8) is 0 Å². The molecule has 0 unspecified atom stereocenters. The number of nitrogens with one attached hydrogen (secondary N) is 2. The number of ether oxygens (including phenoxy) is 2. The number of carbonyl (C=O) groups is 1. The van der Waals surface area contributed by atoms with Crippen molar-refractivity contribution in [3.05, 3.63) is 88.4 Å². The maximum Gasteiger partial charge on any atom is 0.262 e. The van der Waals surface area contributed by atoms with Crippen LogP contribution in [-0.2, 0) is 27.9 Å². The van der Waals surface area contributed by atoms with Gasteiger partial charge in [0, 0.05) is 24.2 Å². The molecule has 3 aromatic rings. The lowest BCUT2D eigenvalue weighted by molar-refractivity contribution is 0.0950. The third-order valence-electron chi connectivity index (χ3n) is 4.60. The molecule has 7 nitrogen and oxygen atoms in total. The van der Waals surface area contributed by atoms with E-state index >= 15 is 0 Å². The Morgan fingerprint density at radius 3 is 2.38 bits per heavy atom. The normalized spacial score (nSPS) is 11.1. The van der Waals surface area contributed by atoms with E-state index in [-0.39, 0.29) is 22.1 Å². The summed E-state index contributed by atoms with van der Waals surface area (Å²) in [4.78, 5) is 12.5. The lowest BCUT2D eigenvalue weighted by Gasteiger charge is -2.13. The van der Waals surface area contributed by atoms with Crippen molar-refractivity contribution in [2.45, 2.75) is 18.0 Å². The van der Waals surface area contributed by atoms with Crippen molar-refractivity contribution < 1.29 is 22.7 Å². The van der Waals surface area contributed by atoms with Crippen LogP contribution in [0.15, 0.2) is 71.6 Å². The molecule has 0 radical (unpaired) electrons. The second kappa shape index (κ2) is 10.5. The van der Waals surface area contributed by atoms with Crippen LogP contribution in [0.3, 0.4) is 0 Å². The molecule has 0 saturated carbocycles. The first-order chi connectivity index (χ1) is 15.3. The lowest BCUT2D eigenvalue weighted by atomic mass is 10.1. The highest BCUT2D eigenvalue weighted by Gasteiger charge is 2.19. The molecule has 0 saturated heterocycles. The van der Waals surface area contributed by atoms with Gasteiger partial charge in [-0.25, -0.2) is 8.42 Å². The van der Waals surface area contributed by atoms with E-state index in [2.05, 4.69) is 10.0 Å². The van der Waals surface area contributed by atoms with Crippen molar-refractivity contribution in [3.8, 4) is 5.75 Å². The molecule has 0 bridgehead atoms. The monoisotopic (exact) mass is 474 g/mol. The summed E-state index contributed by atoms with van der Waals surface area (Å²) in [5, 5.41) is 3.15. The van der Waals surface area contributed by atoms with E-state index in [0.717, 1.165) is 11.1 Å². The topological polar surface area (TPSA) is 93.7 Å². The molecule has 9 heteroatoms. The van der Waals surface area contributed by atoms with Crippen molar-refractivity contribution in [2.75, 3.05) is 18.9 Å². The zero-order valence-electron chi connectivity index (χ0n) is 17.6. The van der Waals surface area contributed by atoms with E-state index in [1.807, 2.05) is 24.3 Å². The van der Waals surface area contributed by atoms with Gasteiger partial charge in [0.05, 0.1) is 24.3 Å². The van der Waals surface area contributed by atoms with Crippen molar-refractivity contribution in [1.82, 2.24) is 5.32 Å². The Kier molecular flexibility index (Phi) is 7.74. The van der Waals surface area contributed by atoms with Gasteiger partial charge in [-0.05, 0) is 47.5 Å². The number of benzene rings is 3. The van der Waals surface area contributed by atoms with Crippen LogP contribution >= 0.6 is 11.6 Å². The zero-order chi connectivity index (χ0) is 23.1. The average Bonchev–Trinajstić information content (AvgIpc) is 2.78. The Morgan fingerprint density at radius 1 is 0.969 bits per heavy atom. The minimum Gasteiger partial charge on any atom is -0.495 e. The molecule has 0 aliphatic rings. The molecule has 0 atom stereocenters. The second-order valence-electron chi connectivity index (χ2n) is 6.91. The van der Waals surface area contributed by atoms with Crippen LogP contribution < -0.4 is 14.8 Å². The van der Waals surface area contributed by atoms with Gasteiger partial charge in [-0.3, -0.25) is 9.52 Å². The quantitative estimate of drug-likeness (QED) is 0.484. The molecule has 0 aliphatic carbocycles. The Bertz CT molecular complexity index is 1200. The summed E-state index contributed by atoms with van der Waals surface area (Å²) in [5.41, 5.74) is 2.37. The number of anilines is 1. The van der Waals surface area contributed by atoms with Gasteiger partial charge in [-0.1, -0.05) is 41.9 Å². The van der Waals surface area contributed by atoms with E-state index in [1.54, 1.807) is 25.3 Å². The summed E-state index contributed by atoms with van der Waals surface area (Å²) in [6.45, 7) is 0.823. The highest BCUT2D eigenvalue weighted by molar-refractivity contribution is 7.92. The van der Waals surface area contributed by atoms with Gasteiger partial charge in [-0.2, -0.15) is 0 Å². The van der Waals surface area contributed by atoms with Crippen LogP contribution in [0.25, 0.3) is 0 Å². The summed E-state index contributed by atoms with van der Waals surface area (Å²) < 4.78 is 38.5. The molecule has 168 valence electrons. The average molecular weight is 475 g/mol. The summed E-state index contributed by atoms with van der Waals surface area (Å²) in [6, 6.07) is 18.0. The molecule has 0 spiro atoms. The fraction of sp³-hybridized carbons (Fsp3) is 0.174. The van der Waals surface area contributed by atoms with E-state index < -0.39 is 10.0 Å². The number of hydrogen-bond acceptors (Lipinski definition) is 5. The first-order valence-corrected chi connectivity index (χ1v) is 11.5. The first kappa shape index (κ1) is 23.6. The zero-order valence-corrected chi connectivity index (χ0v) is 19.2. The van der Waals surface area contributed by atoms with Crippen LogP contribution in [-0.4, -0.2) is 28.5 Å².